The molecule has 0 atom stereocenters. The summed E-state index contributed by atoms with van der Waals surface area (Å²) in [6.45, 7) is 4.64. The molecule has 0 N–H and O–H groups in total. The van der Waals surface area contributed by atoms with Gasteiger partial charge >= 0.3 is 0 Å². The molecule has 4 heteroatoms. The molecule has 1 aromatic carbocycles. The largest absolute Gasteiger partial charge is 1.00 e. The third-order valence-electron chi connectivity index (χ3n) is 4.60. The minimum atomic E-state index is 0. The van der Waals surface area contributed by atoms with Crippen molar-refractivity contribution in [3.63, 3.8) is 0 Å². The molecule has 0 radical (unpaired) electrons. The fourth-order valence-corrected chi connectivity index (χ4v) is 3.07. The second kappa shape index (κ2) is 7.23. The van der Waals surface area contributed by atoms with Gasteiger partial charge in [-0.3, -0.25) is 4.79 Å². The lowest BCUT2D eigenvalue weighted by molar-refractivity contribution is -0.768. The molecule has 0 aliphatic heterocycles. The molecular formula is C18H23BrN2O. The van der Waals surface area contributed by atoms with E-state index in [9.17, 15) is 4.79 Å². The zero-order valence-electron chi connectivity index (χ0n) is 13.3. The summed E-state index contributed by atoms with van der Waals surface area (Å²) in [6.07, 6.45) is 8.41. The van der Waals surface area contributed by atoms with Gasteiger partial charge in [0.25, 0.3) is 0 Å². The zero-order chi connectivity index (χ0) is 14.8. The number of aryl methyl sites for hydroxylation is 2. The molecule has 118 valence electrons. The summed E-state index contributed by atoms with van der Waals surface area (Å²) >= 11 is 0. The summed E-state index contributed by atoms with van der Waals surface area (Å²) in [7, 11) is 0. The second-order valence-corrected chi connectivity index (χ2v) is 6.14. The lowest BCUT2D eigenvalue weighted by atomic mass is 9.93. The SMILES string of the molecule is Cc1cccc(C)c1CC(=O)C[n+]1cccn1C1CCC1.[Br-]. The van der Waals surface area contributed by atoms with Crippen molar-refractivity contribution in [3.05, 3.63) is 53.3 Å². The van der Waals surface area contributed by atoms with Crippen LogP contribution in [0.5, 0.6) is 0 Å². The molecule has 0 bridgehead atoms. The summed E-state index contributed by atoms with van der Waals surface area (Å²) in [4.78, 5) is 12.4. The number of benzene rings is 1. The maximum absolute atomic E-state index is 12.4. The number of halogens is 1. The molecule has 1 saturated carbocycles. The van der Waals surface area contributed by atoms with Crippen LogP contribution < -0.4 is 21.7 Å². The van der Waals surface area contributed by atoms with E-state index in [2.05, 4.69) is 47.6 Å². The molecular weight excluding hydrogens is 340 g/mol. The molecule has 1 aliphatic carbocycles. The second-order valence-electron chi connectivity index (χ2n) is 6.14. The minimum Gasteiger partial charge on any atom is -1.00 e. The fraction of sp³-hybridized carbons (Fsp3) is 0.444. The van der Waals surface area contributed by atoms with E-state index in [1.807, 2.05) is 12.3 Å². The number of carbonyl (C=O) groups excluding carboxylic acids is 1. The smallest absolute Gasteiger partial charge is 0.230 e. The van der Waals surface area contributed by atoms with Gasteiger partial charge in [0, 0.05) is 12.5 Å². The van der Waals surface area contributed by atoms with Gasteiger partial charge in [0.05, 0.1) is 12.2 Å². The van der Waals surface area contributed by atoms with Gasteiger partial charge in [-0.1, -0.05) is 18.2 Å². The molecule has 3 rings (SSSR count). The van der Waals surface area contributed by atoms with Crippen LogP contribution in [0, 0.1) is 13.8 Å². The molecule has 0 unspecified atom stereocenters. The quantitative estimate of drug-likeness (QED) is 0.684. The fourth-order valence-electron chi connectivity index (χ4n) is 3.07. The van der Waals surface area contributed by atoms with Crippen molar-refractivity contribution >= 4 is 5.78 Å². The Morgan fingerprint density at radius 3 is 2.50 bits per heavy atom. The molecule has 3 nitrogen and oxygen atoms in total. The molecule has 0 amide bonds. The Bertz CT molecular complexity index is 639. The number of aromatic nitrogens is 2. The van der Waals surface area contributed by atoms with Gasteiger partial charge in [-0.05, 0) is 49.8 Å². The topological polar surface area (TPSA) is 25.9 Å². The van der Waals surface area contributed by atoms with E-state index in [1.54, 1.807) is 0 Å². The monoisotopic (exact) mass is 362 g/mol. The molecule has 1 heterocycles. The average molecular weight is 363 g/mol. The Hall–Kier alpha value is -1.42. The van der Waals surface area contributed by atoms with Gasteiger partial charge in [-0.15, -0.1) is 4.68 Å². The number of nitrogens with zero attached hydrogens (tertiary/aromatic N) is 2. The van der Waals surface area contributed by atoms with E-state index >= 15 is 0 Å². The van der Waals surface area contributed by atoms with Crippen molar-refractivity contribution in [2.75, 3.05) is 0 Å². The van der Waals surface area contributed by atoms with Crippen molar-refractivity contribution in [2.24, 2.45) is 0 Å². The first-order chi connectivity index (χ1) is 10.1. The van der Waals surface area contributed by atoms with Crippen LogP contribution in [0.4, 0.5) is 0 Å². The standard InChI is InChI=1S/C18H23N2O.BrH/c1-14-6-3-7-15(2)18(14)12-17(21)13-19-10-5-11-20(19)16-8-4-9-16;/h3,5-7,10-11,16H,4,8-9,12-13H2,1-2H3;1H/q+1;/p-1. The third kappa shape index (κ3) is 3.49. The maximum Gasteiger partial charge on any atom is 0.230 e. The molecule has 1 aromatic heterocycles. The van der Waals surface area contributed by atoms with E-state index in [0.29, 0.717) is 19.0 Å². The predicted octanol–water partition coefficient (Wildman–Crippen LogP) is -0.0668. The van der Waals surface area contributed by atoms with Gasteiger partial charge in [-0.25, -0.2) is 0 Å². The molecule has 22 heavy (non-hydrogen) atoms. The number of rotatable bonds is 5. The highest BCUT2D eigenvalue weighted by atomic mass is 79.9. The Balaban J connectivity index is 0.00000176. The van der Waals surface area contributed by atoms with E-state index < -0.39 is 0 Å². The van der Waals surface area contributed by atoms with Crippen LogP contribution in [0.2, 0.25) is 0 Å². The molecule has 1 fully saturated rings. The van der Waals surface area contributed by atoms with E-state index in [0.717, 1.165) is 0 Å². The number of Topliss-reactive ketones (excluding diaryl/α,β-unsaturated/α-hetero) is 1. The molecule has 0 saturated heterocycles. The zero-order valence-corrected chi connectivity index (χ0v) is 14.8. The van der Waals surface area contributed by atoms with Gasteiger partial charge in [-0.2, -0.15) is 4.68 Å². The highest BCUT2D eigenvalue weighted by molar-refractivity contribution is 5.80. The first-order valence-electron chi connectivity index (χ1n) is 7.78. The Kier molecular flexibility index (Phi) is 5.57. The number of hydrogen-bond donors (Lipinski definition) is 0. The Morgan fingerprint density at radius 1 is 1.23 bits per heavy atom. The van der Waals surface area contributed by atoms with Crippen molar-refractivity contribution in [1.29, 1.82) is 0 Å². The lowest BCUT2D eigenvalue weighted by Crippen LogP contribution is -3.00. The summed E-state index contributed by atoms with van der Waals surface area (Å²) < 4.78 is 4.30. The van der Waals surface area contributed by atoms with Gasteiger partial charge in [0.2, 0.25) is 12.3 Å². The van der Waals surface area contributed by atoms with Crippen LogP contribution in [-0.2, 0) is 17.8 Å². The van der Waals surface area contributed by atoms with Crippen LogP contribution in [0.15, 0.2) is 36.7 Å². The molecule has 2 aromatic rings. The van der Waals surface area contributed by atoms with Crippen LogP contribution in [0.25, 0.3) is 0 Å². The van der Waals surface area contributed by atoms with Crippen molar-refractivity contribution in [2.45, 2.75) is 52.1 Å². The molecule has 1 aliphatic rings. The highest BCUT2D eigenvalue weighted by Crippen LogP contribution is 2.29. The van der Waals surface area contributed by atoms with Crippen molar-refractivity contribution in [1.82, 2.24) is 4.68 Å². The van der Waals surface area contributed by atoms with Crippen LogP contribution in [0.1, 0.15) is 42.0 Å². The van der Waals surface area contributed by atoms with Crippen LogP contribution in [0.3, 0.4) is 0 Å². The van der Waals surface area contributed by atoms with Gasteiger partial charge in [0.15, 0.2) is 6.20 Å². The number of ketones is 1. The van der Waals surface area contributed by atoms with Crippen LogP contribution in [-0.4, -0.2) is 10.5 Å². The van der Waals surface area contributed by atoms with Crippen LogP contribution >= 0.6 is 0 Å². The third-order valence-corrected chi connectivity index (χ3v) is 4.60. The summed E-state index contributed by atoms with van der Waals surface area (Å²) in [5, 5.41) is 0. The summed E-state index contributed by atoms with van der Waals surface area (Å²) in [5.41, 5.74) is 3.61. The van der Waals surface area contributed by atoms with E-state index in [4.69, 9.17) is 0 Å². The Labute approximate surface area is 142 Å². The number of carbonyl (C=O) groups is 1. The highest BCUT2D eigenvalue weighted by Gasteiger charge is 2.26. The van der Waals surface area contributed by atoms with Gasteiger partial charge in [0.1, 0.15) is 0 Å². The van der Waals surface area contributed by atoms with E-state index in [1.165, 1.54) is 36.0 Å². The van der Waals surface area contributed by atoms with Gasteiger partial charge < -0.3 is 17.0 Å². The first kappa shape index (κ1) is 16.9. The predicted molar refractivity (Wildman–Crippen MR) is 82.1 cm³/mol. The Morgan fingerprint density at radius 2 is 1.91 bits per heavy atom. The molecule has 0 spiro atoms. The normalized spacial score (nSPS) is 14.3. The van der Waals surface area contributed by atoms with Crippen molar-refractivity contribution in [3.8, 4) is 0 Å². The number of hydrogen-bond acceptors (Lipinski definition) is 1. The lowest BCUT2D eigenvalue weighted by Gasteiger charge is -2.24. The summed E-state index contributed by atoms with van der Waals surface area (Å²) in [5.74, 6) is 0.275. The van der Waals surface area contributed by atoms with E-state index in [-0.39, 0.29) is 22.8 Å². The maximum atomic E-state index is 12.4. The summed E-state index contributed by atoms with van der Waals surface area (Å²) in [6, 6.07) is 8.84. The van der Waals surface area contributed by atoms with Crippen molar-refractivity contribution < 1.29 is 26.5 Å². The first-order valence-corrected chi connectivity index (χ1v) is 7.78. The average Bonchev–Trinajstić information content (AvgIpc) is 2.80. The minimum absolute atomic E-state index is 0.